The first kappa shape index (κ1) is 14.9. The molecule has 1 atom stereocenters. The molecule has 1 nitrogen and oxygen atoms in total. The van der Waals surface area contributed by atoms with Gasteiger partial charge in [-0.25, -0.2) is 0 Å². The first-order chi connectivity index (χ1) is 10.1. The van der Waals surface area contributed by atoms with Gasteiger partial charge in [-0.05, 0) is 30.7 Å². The summed E-state index contributed by atoms with van der Waals surface area (Å²) in [7, 11) is 0. The van der Waals surface area contributed by atoms with Gasteiger partial charge in [-0.1, -0.05) is 53.5 Å². The van der Waals surface area contributed by atoms with E-state index in [-0.39, 0.29) is 6.04 Å². The molecule has 0 saturated carbocycles. The van der Waals surface area contributed by atoms with Crippen molar-refractivity contribution in [3.8, 4) is 0 Å². The Labute approximate surface area is 138 Å². The van der Waals surface area contributed by atoms with Crippen molar-refractivity contribution in [2.75, 3.05) is 0 Å². The van der Waals surface area contributed by atoms with E-state index < -0.39 is 0 Å². The van der Waals surface area contributed by atoms with Gasteiger partial charge in [0, 0.05) is 32.6 Å². The zero-order valence-electron chi connectivity index (χ0n) is 11.6. The van der Waals surface area contributed by atoms with Crippen LogP contribution in [0.25, 0.3) is 10.1 Å². The fourth-order valence-electron chi connectivity index (χ4n) is 2.32. The van der Waals surface area contributed by atoms with Gasteiger partial charge in [0.25, 0.3) is 0 Å². The van der Waals surface area contributed by atoms with Gasteiger partial charge in [-0.15, -0.1) is 11.3 Å². The largest absolute Gasteiger partial charge is 0.305 e. The second kappa shape index (κ2) is 6.37. The first-order valence-corrected chi connectivity index (χ1v) is 8.37. The molecule has 21 heavy (non-hydrogen) atoms. The van der Waals surface area contributed by atoms with Crippen LogP contribution in [-0.2, 0) is 6.54 Å². The molecule has 1 N–H and O–H groups in total. The molecule has 4 heteroatoms. The predicted molar refractivity (Wildman–Crippen MR) is 93.5 cm³/mol. The summed E-state index contributed by atoms with van der Waals surface area (Å²) in [4.78, 5) is 1.17. The SMILES string of the molecule is CC(NCc1sc2ccccc2c1Cl)c1cccc(Cl)c1. The number of benzene rings is 2. The van der Waals surface area contributed by atoms with Gasteiger partial charge in [0.15, 0.2) is 0 Å². The molecule has 3 aromatic rings. The molecule has 0 aliphatic heterocycles. The van der Waals surface area contributed by atoms with Crippen LogP contribution in [0.2, 0.25) is 10.0 Å². The lowest BCUT2D eigenvalue weighted by Crippen LogP contribution is -2.17. The molecule has 3 rings (SSSR count). The molecule has 1 unspecified atom stereocenters. The molecular weight excluding hydrogens is 321 g/mol. The van der Waals surface area contributed by atoms with Crippen molar-refractivity contribution in [1.82, 2.24) is 5.32 Å². The van der Waals surface area contributed by atoms with E-state index in [0.717, 1.165) is 22.0 Å². The first-order valence-electron chi connectivity index (χ1n) is 6.80. The summed E-state index contributed by atoms with van der Waals surface area (Å²) in [5.41, 5.74) is 1.18. The Morgan fingerprint density at radius 1 is 1.10 bits per heavy atom. The molecule has 0 aliphatic carbocycles. The van der Waals surface area contributed by atoms with E-state index in [1.807, 2.05) is 30.3 Å². The minimum absolute atomic E-state index is 0.227. The van der Waals surface area contributed by atoms with Gasteiger partial charge in [-0.3, -0.25) is 0 Å². The van der Waals surface area contributed by atoms with Gasteiger partial charge in [0.1, 0.15) is 0 Å². The van der Waals surface area contributed by atoms with Crippen LogP contribution < -0.4 is 5.32 Å². The zero-order chi connectivity index (χ0) is 14.8. The van der Waals surface area contributed by atoms with E-state index in [1.165, 1.54) is 15.1 Å². The van der Waals surface area contributed by atoms with Crippen molar-refractivity contribution < 1.29 is 0 Å². The summed E-state index contributed by atoms with van der Waals surface area (Å²) < 4.78 is 1.23. The summed E-state index contributed by atoms with van der Waals surface area (Å²) >= 11 is 14.2. The van der Waals surface area contributed by atoms with Crippen molar-refractivity contribution in [2.45, 2.75) is 19.5 Å². The van der Waals surface area contributed by atoms with Crippen LogP contribution in [0.15, 0.2) is 48.5 Å². The Bertz CT molecular complexity index is 766. The van der Waals surface area contributed by atoms with Crippen LogP contribution in [0.5, 0.6) is 0 Å². The molecule has 0 radical (unpaired) electrons. The molecular formula is C17H15Cl2NS. The highest BCUT2D eigenvalue weighted by atomic mass is 35.5. The van der Waals surface area contributed by atoms with Crippen LogP contribution in [0, 0.1) is 0 Å². The zero-order valence-corrected chi connectivity index (χ0v) is 13.9. The summed E-state index contributed by atoms with van der Waals surface area (Å²) in [6, 6.07) is 16.4. The minimum Gasteiger partial charge on any atom is -0.305 e. The van der Waals surface area contributed by atoms with Crippen LogP contribution in [-0.4, -0.2) is 0 Å². The molecule has 108 valence electrons. The molecule has 0 saturated heterocycles. The average Bonchev–Trinajstić information content (AvgIpc) is 2.82. The van der Waals surface area contributed by atoms with Crippen LogP contribution in [0.3, 0.4) is 0 Å². The predicted octanol–water partition coefficient (Wildman–Crippen LogP) is 6.06. The molecule has 2 aromatic carbocycles. The number of halogens is 2. The quantitative estimate of drug-likeness (QED) is 0.611. The van der Waals surface area contributed by atoms with E-state index in [0.29, 0.717) is 0 Å². The highest BCUT2D eigenvalue weighted by Crippen LogP contribution is 2.35. The Morgan fingerprint density at radius 2 is 1.90 bits per heavy atom. The highest BCUT2D eigenvalue weighted by Gasteiger charge is 2.11. The third-order valence-corrected chi connectivity index (χ3v) is 5.47. The molecule has 0 bridgehead atoms. The third-order valence-electron chi connectivity index (χ3n) is 3.52. The highest BCUT2D eigenvalue weighted by molar-refractivity contribution is 7.19. The maximum atomic E-state index is 6.46. The maximum Gasteiger partial charge on any atom is 0.0636 e. The molecule has 0 fully saturated rings. The molecule has 0 amide bonds. The summed E-state index contributed by atoms with van der Waals surface area (Å²) in [6.07, 6.45) is 0. The number of fused-ring (bicyclic) bond motifs is 1. The minimum atomic E-state index is 0.227. The topological polar surface area (TPSA) is 12.0 Å². The van der Waals surface area contributed by atoms with E-state index in [1.54, 1.807) is 11.3 Å². The van der Waals surface area contributed by atoms with Gasteiger partial charge >= 0.3 is 0 Å². The van der Waals surface area contributed by atoms with E-state index >= 15 is 0 Å². The Hall–Kier alpha value is -1.06. The average molecular weight is 336 g/mol. The Kier molecular flexibility index (Phi) is 4.51. The number of nitrogens with one attached hydrogen (secondary N) is 1. The van der Waals surface area contributed by atoms with Crippen molar-refractivity contribution in [3.63, 3.8) is 0 Å². The maximum absolute atomic E-state index is 6.46. The number of hydrogen-bond donors (Lipinski definition) is 1. The van der Waals surface area contributed by atoms with Crippen molar-refractivity contribution in [2.24, 2.45) is 0 Å². The Balaban J connectivity index is 1.75. The van der Waals surface area contributed by atoms with Gasteiger partial charge < -0.3 is 5.32 Å². The smallest absolute Gasteiger partial charge is 0.0636 e. The van der Waals surface area contributed by atoms with Crippen molar-refractivity contribution >= 4 is 44.6 Å². The number of hydrogen-bond acceptors (Lipinski definition) is 2. The summed E-state index contributed by atoms with van der Waals surface area (Å²) in [6.45, 7) is 2.89. The Morgan fingerprint density at radius 3 is 2.67 bits per heavy atom. The lowest BCUT2D eigenvalue weighted by atomic mass is 10.1. The van der Waals surface area contributed by atoms with Crippen molar-refractivity contribution in [3.05, 3.63) is 69.0 Å². The van der Waals surface area contributed by atoms with E-state index in [2.05, 4.69) is 30.4 Å². The molecule has 1 aromatic heterocycles. The van der Waals surface area contributed by atoms with Crippen molar-refractivity contribution in [1.29, 1.82) is 0 Å². The third kappa shape index (κ3) is 3.24. The lowest BCUT2D eigenvalue weighted by molar-refractivity contribution is 0.579. The number of thiophene rings is 1. The standard InChI is InChI=1S/C17H15Cl2NS/c1-11(12-5-4-6-13(18)9-12)20-10-16-17(19)14-7-2-3-8-15(14)21-16/h2-9,11,20H,10H2,1H3. The fraction of sp³-hybridized carbons (Fsp3) is 0.176. The molecule has 0 spiro atoms. The summed E-state index contributed by atoms with van der Waals surface area (Å²) in [5.74, 6) is 0. The normalized spacial score (nSPS) is 12.7. The van der Waals surface area contributed by atoms with Gasteiger partial charge in [0.05, 0.1) is 5.02 Å². The van der Waals surface area contributed by atoms with E-state index in [4.69, 9.17) is 23.2 Å². The monoisotopic (exact) mass is 335 g/mol. The van der Waals surface area contributed by atoms with Gasteiger partial charge in [0.2, 0.25) is 0 Å². The van der Waals surface area contributed by atoms with Crippen LogP contribution in [0.4, 0.5) is 0 Å². The molecule has 0 aliphatic rings. The van der Waals surface area contributed by atoms with E-state index in [9.17, 15) is 0 Å². The number of rotatable bonds is 4. The fourth-order valence-corrected chi connectivity index (χ4v) is 3.97. The lowest BCUT2D eigenvalue weighted by Gasteiger charge is -2.14. The van der Waals surface area contributed by atoms with Gasteiger partial charge in [-0.2, -0.15) is 0 Å². The second-order valence-corrected chi connectivity index (χ2v) is 6.94. The van der Waals surface area contributed by atoms with Crippen LogP contribution in [0.1, 0.15) is 23.4 Å². The second-order valence-electron chi connectivity index (χ2n) is 4.99. The summed E-state index contributed by atoms with van der Waals surface area (Å²) in [5, 5.41) is 6.27. The molecule has 1 heterocycles. The van der Waals surface area contributed by atoms with Crippen LogP contribution >= 0.6 is 34.5 Å².